The summed E-state index contributed by atoms with van der Waals surface area (Å²) in [6.07, 6.45) is -1.22. The zero-order chi connectivity index (χ0) is 23.7. The number of benzene rings is 2. The normalized spacial score (nSPS) is 12.3. The maximum atomic E-state index is 14.8. The van der Waals surface area contributed by atoms with Gasteiger partial charge in [0.1, 0.15) is 12.4 Å². The summed E-state index contributed by atoms with van der Waals surface area (Å²) in [5.41, 5.74) is 1.06. The molecule has 0 amide bonds. The van der Waals surface area contributed by atoms with Crippen molar-refractivity contribution in [3.05, 3.63) is 80.2 Å². The number of imidazole rings is 1. The Kier molecular flexibility index (Phi) is 6.12. The summed E-state index contributed by atoms with van der Waals surface area (Å²) < 4.78 is 22.9. The standard InChI is InChI=1S/C23H23FN4O5/c1-13-3-5-14(6-4-13)12-33-18-8-7-15(9-17(18)24)20-25-21-19(27(20)2)22(31)26-23(32)28(21)10-16(30)11-29/h3-9,16,29-30H,10-12H2,1-2H3,(H,26,31,32). The molecule has 4 aromatic rings. The number of aliphatic hydroxyl groups excluding tert-OH is 2. The van der Waals surface area contributed by atoms with Crippen molar-refractivity contribution in [1.82, 2.24) is 19.1 Å². The monoisotopic (exact) mass is 454 g/mol. The quantitative estimate of drug-likeness (QED) is 0.389. The van der Waals surface area contributed by atoms with Crippen LogP contribution in [0.2, 0.25) is 0 Å². The smallest absolute Gasteiger partial charge is 0.330 e. The van der Waals surface area contributed by atoms with Crippen LogP contribution < -0.4 is 16.0 Å². The number of aliphatic hydroxyl groups is 2. The van der Waals surface area contributed by atoms with Crippen LogP contribution in [0.4, 0.5) is 4.39 Å². The summed E-state index contributed by atoms with van der Waals surface area (Å²) in [4.78, 5) is 31.2. The largest absolute Gasteiger partial charge is 0.486 e. The number of fused-ring (bicyclic) bond motifs is 1. The Morgan fingerprint density at radius 3 is 2.58 bits per heavy atom. The van der Waals surface area contributed by atoms with E-state index in [1.807, 2.05) is 31.2 Å². The molecule has 2 aromatic heterocycles. The first-order valence-electron chi connectivity index (χ1n) is 10.2. The molecule has 1 atom stereocenters. The molecule has 1 unspecified atom stereocenters. The lowest BCUT2D eigenvalue weighted by Gasteiger charge is -2.09. The number of aromatic nitrogens is 4. The lowest BCUT2D eigenvalue weighted by molar-refractivity contribution is 0.0810. The molecule has 3 N–H and O–H groups in total. The van der Waals surface area contributed by atoms with Crippen LogP contribution in [0.3, 0.4) is 0 Å². The van der Waals surface area contributed by atoms with E-state index >= 15 is 0 Å². The second-order valence-electron chi connectivity index (χ2n) is 7.79. The summed E-state index contributed by atoms with van der Waals surface area (Å²) in [6.45, 7) is 1.35. The van der Waals surface area contributed by atoms with E-state index in [0.717, 1.165) is 15.7 Å². The Balaban J connectivity index is 1.69. The van der Waals surface area contributed by atoms with Crippen LogP contribution in [-0.4, -0.2) is 42.0 Å². The average Bonchev–Trinajstić information content (AvgIpc) is 3.14. The zero-order valence-corrected chi connectivity index (χ0v) is 18.1. The Morgan fingerprint density at radius 1 is 1.18 bits per heavy atom. The van der Waals surface area contributed by atoms with Crippen LogP contribution in [0.1, 0.15) is 11.1 Å². The van der Waals surface area contributed by atoms with E-state index in [9.17, 15) is 19.1 Å². The van der Waals surface area contributed by atoms with Crippen LogP contribution in [0.15, 0.2) is 52.1 Å². The Morgan fingerprint density at radius 2 is 1.91 bits per heavy atom. The van der Waals surface area contributed by atoms with E-state index in [0.29, 0.717) is 5.56 Å². The number of rotatable bonds is 7. The molecule has 172 valence electrons. The molecule has 2 aromatic carbocycles. The van der Waals surface area contributed by atoms with Gasteiger partial charge in [0, 0.05) is 12.6 Å². The molecule has 9 nitrogen and oxygen atoms in total. The Hall–Kier alpha value is -3.76. The van der Waals surface area contributed by atoms with Gasteiger partial charge < -0.3 is 19.5 Å². The highest BCUT2D eigenvalue weighted by Crippen LogP contribution is 2.27. The van der Waals surface area contributed by atoms with Gasteiger partial charge in [-0.2, -0.15) is 0 Å². The van der Waals surface area contributed by atoms with Crippen molar-refractivity contribution in [2.75, 3.05) is 6.61 Å². The first-order valence-corrected chi connectivity index (χ1v) is 10.2. The van der Waals surface area contributed by atoms with Gasteiger partial charge in [0.25, 0.3) is 5.56 Å². The maximum absolute atomic E-state index is 14.8. The first kappa shape index (κ1) is 22.4. The topological polar surface area (TPSA) is 122 Å². The van der Waals surface area contributed by atoms with Crippen LogP contribution >= 0.6 is 0 Å². The summed E-state index contributed by atoms with van der Waals surface area (Å²) in [6, 6.07) is 12.0. The molecule has 0 saturated heterocycles. The number of nitrogens with one attached hydrogen (secondary N) is 1. The molecule has 0 aliphatic heterocycles. The van der Waals surface area contributed by atoms with Crippen molar-refractivity contribution in [3.63, 3.8) is 0 Å². The van der Waals surface area contributed by atoms with Crippen LogP contribution in [0, 0.1) is 12.7 Å². The molecule has 0 aliphatic rings. The molecular weight excluding hydrogens is 431 g/mol. The number of aryl methyl sites for hydroxylation is 2. The van der Waals surface area contributed by atoms with Gasteiger partial charge in [0.05, 0.1) is 19.3 Å². The molecule has 0 radical (unpaired) electrons. The third-order valence-corrected chi connectivity index (χ3v) is 5.32. The van der Waals surface area contributed by atoms with Crippen molar-refractivity contribution in [1.29, 1.82) is 0 Å². The fourth-order valence-electron chi connectivity index (χ4n) is 3.54. The van der Waals surface area contributed by atoms with Crippen molar-refractivity contribution >= 4 is 11.2 Å². The molecular formula is C23H23FN4O5. The number of H-pyrrole nitrogens is 1. The van der Waals surface area contributed by atoms with Crippen molar-refractivity contribution in [3.8, 4) is 17.1 Å². The van der Waals surface area contributed by atoms with Crippen molar-refractivity contribution < 1.29 is 19.3 Å². The number of hydrogen-bond acceptors (Lipinski definition) is 6. The summed E-state index contributed by atoms with van der Waals surface area (Å²) in [7, 11) is 1.57. The van der Waals surface area contributed by atoms with Gasteiger partial charge in [0.2, 0.25) is 0 Å². The molecule has 0 spiro atoms. The molecule has 0 fully saturated rings. The molecule has 2 heterocycles. The highest BCUT2D eigenvalue weighted by atomic mass is 19.1. The van der Waals surface area contributed by atoms with E-state index in [2.05, 4.69) is 9.97 Å². The number of hydrogen-bond donors (Lipinski definition) is 3. The van der Waals surface area contributed by atoms with Crippen LogP contribution in [0.5, 0.6) is 5.75 Å². The highest BCUT2D eigenvalue weighted by molar-refractivity contribution is 5.77. The second kappa shape index (κ2) is 9.00. The van der Waals surface area contributed by atoms with Gasteiger partial charge in [-0.25, -0.2) is 14.2 Å². The van der Waals surface area contributed by atoms with Crippen LogP contribution in [0.25, 0.3) is 22.6 Å². The lowest BCUT2D eigenvalue weighted by Crippen LogP contribution is -2.35. The predicted molar refractivity (Wildman–Crippen MR) is 120 cm³/mol. The van der Waals surface area contributed by atoms with Gasteiger partial charge in [-0.05, 0) is 30.7 Å². The minimum atomic E-state index is -1.22. The van der Waals surface area contributed by atoms with E-state index in [4.69, 9.17) is 9.84 Å². The number of nitrogens with zero attached hydrogens (tertiary/aromatic N) is 3. The fourth-order valence-corrected chi connectivity index (χ4v) is 3.54. The molecule has 0 aliphatic carbocycles. The van der Waals surface area contributed by atoms with Crippen molar-refractivity contribution in [2.45, 2.75) is 26.2 Å². The molecule has 0 bridgehead atoms. The summed E-state index contributed by atoms with van der Waals surface area (Å²) >= 11 is 0. The minimum absolute atomic E-state index is 0.0221. The third-order valence-electron chi connectivity index (χ3n) is 5.32. The Labute approximate surface area is 187 Å². The average molecular weight is 454 g/mol. The first-order chi connectivity index (χ1) is 15.8. The molecule has 0 saturated carbocycles. The van der Waals surface area contributed by atoms with Gasteiger partial charge >= 0.3 is 5.69 Å². The van der Waals surface area contributed by atoms with E-state index in [1.165, 1.54) is 16.7 Å². The van der Waals surface area contributed by atoms with Gasteiger partial charge in [-0.3, -0.25) is 14.3 Å². The van der Waals surface area contributed by atoms with E-state index in [-0.39, 0.29) is 35.9 Å². The fraction of sp³-hybridized carbons (Fsp3) is 0.261. The van der Waals surface area contributed by atoms with Crippen molar-refractivity contribution in [2.24, 2.45) is 7.05 Å². The van der Waals surface area contributed by atoms with E-state index < -0.39 is 29.8 Å². The second-order valence-corrected chi connectivity index (χ2v) is 7.79. The molecule has 10 heteroatoms. The molecule has 4 rings (SSSR count). The minimum Gasteiger partial charge on any atom is -0.486 e. The Bertz CT molecular complexity index is 1420. The molecule has 33 heavy (non-hydrogen) atoms. The lowest BCUT2D eigenvalue weighted by atomic mass is 10.1. The highest BCUT2D eigenvalue weighted by Gasteiger charge is 2.20. The van der Waals surface area contributed by atoms with Gasteiger partial charge in [-0.1, -0.05) is 29.8 Å². The van der Waals surface area contributed by atoms with E-state index in [1.54, 1.807) is 13.1 Å². The number of halogens is 1. The SMILES string of the molecule is Cc1ccc(COc2ccc(-c3nc4c(c(=O)[nH]c(=O)n4CC(O)CO)n3C)cc2F)cc1. The van der Waals surface area contributed by atoms with Gasteiger partial charge in [0.15, 0.2) is 22.7 Å². The maximum Gasteiger partial charge on any atom is 0.330 e. The van der Waals surface area contributed by atoms with Crippen LogP contribution in [-0.2, 0) is 20.2 Å². The third kappa shape index (κ3) is 4.43. The summed E-state index contributed by atoms with van der Waals surface area (Å²) in [5.74, 6) is -0.287. The summed E-state index contributed by atoms with van der Waals surface area (Å²) in [5, 5.41) is 18.9. The predicted octanol–water partition coefficient (Wildman–Crippen LogP) is 1.47. The zero-order valence-electron chi connectivity index (χ0n) is 18.1. The van der Waals surface area contributed by atoms with Gasteiger partial charge in [-0.15, -0.1) is 0 Å². The number of ether oxygens (including phenoxy) is 1. The number of aromatic amines is 1.